The number of amides is 1. The summed E-state index contributed by atoms with van der Waals surface area (Å²) in [5.74, 6) is 0.665. The molecular weight excluding hydrogens is 230 g/mol. The number of benzene rings is 1. The van der Waals surface area contributed by atoms with Crippen molar-refractivity contribution in [3.63, 3.8) is 0 Å². The molecule has 0 aliphatic heterocycles. The van der Waals surface area contributed by atoms with Crippen molar-refractivity contribution in [2.45, 2.75) is 19.8 Å². The first-order chi connectivity index (χ1) is 8.65. The number of hydrogen-bond acceptors (Lipinski definition) is 3. The molecule has 2 N–H and O–H groups in total. The van der Waals surface area contributed by atoms with Crippen LogP contribution in [0, 0.1) is 12.8 Å². The Morgan fingerprint density at radius 3 is 2.94 bits per heavy atom. The molecular formula is C13H13N3O2. The Morgan fingerprint density at radius 1 is 1.44 bits per heavy atom. The van der Waals surface area contributed by atoms with Crippen LogP contribution in [0.2, 0.25) is 0 Å². The number of hydrogen-bond donors (Lipinski definition) is 2. The fourth-order valence-corrected chi connectivity index (χ4v) is 1.99. The van der Waals surface area contributed by atoms with Crippen molar-refractivity contribution in [2.24, 2.45) is 5.92 Å². The van der Waals surface area contributed by atoms with E-state index in [1.807, 2.05) is 0 Å². The maximum atomic E-state index is 11.9. The molecule has 1 aliphatic rings. The molecule has 1 heterocycles. The zero-order chi connectivity index (χ0) is 12.7. The summed E-state index contributed by atoms with van der Waals surface area (Å²) in [6, 6.07) is 5.29. The Labute approximate surface area is 103 Å². The van der Waals surface area contributed by atoms with Crippen LogP contribution in [-0.2, 0) is 4.79 Å². The molecule has 0 atom stereocenters. The molecule has 0 bridgehead atoms. The molecule has 0 unspecified atom stereocenters. The topological polar surface area (TPSA) is 74.8 Å². The van der Waals surface area contributed by atoms with Crippen molar-refractivity contribution >= 4 is 22.5 Å². The van der Waals surface area contributed by atoms with E-state index in [9.17, 15) is 9.59 Å². The number of H-pyrrole nitrogens is 1. The maximum absolute atomic E-state index is 11.9. The van der Waals surface area contributed by atoms with Crippen LogP contribution in [0.5, 0.6) is 0 Å². The zero-order valence-corrected chi connectivity index (χ0v) is 9.99. The van der Waals surface area contributed by atoms with E-state index in [4.69, 9.17) is 0 Å². The minimum Gasteiger partial charge on any atom is -0.325 e. The summed E-state index contributed by atoms with van der Waals surface area (Å²) < 4.78 is 0. The number of anilines is 1. The molecule has 1 aromatic carbocycles. The molecule has 2 aromatic rings. The van der Waals surface area contributed by atoms with Gasteiger partial charge in [-0.1, -0.05) is 6.07 Å². The number of nitrogens with zero attached hydrogens (tertiary/aromatic N) is 1. The van der Waals surface area contributed by atoms with Crippen molar-refractivity contribution in [1.29, 1.82) is 0 Å². The minimum absolute atomic E-state index is 0.0116. The van der Waals surface area contributed by atoms with Crippen molar-refractivity contribution in [3.8, 4) is 0 Å². The average Bonchev–Trinajstić information content (AvgIpc) is 3.11. The van der Waals surface area contributed by atoms with Crippen LogP contribution in [0.3, 0.4) is 0 Å². The third-order valence-electron chi connectivity index (χ3n) is 3.06. The number of carbonyl (C=O) groups is 1. The quantitative estimate of drug-likeness (QED) is 0.840. The van der Waals surface area contributed by atoms with Crippen LogP contribution in [0.15, 0.2) is 23.0 Å². The lowest BCUT2D eigenvalue weighted by Crippen LogP contribution is -2.17. The minimum atomic E-state index is -0.218. The second kappa shape index (κ2) is 3.94. The fourth-order valence-electron chi connectivity index (χ4n) is 1.99. The van der Waals surface area contributed by atoms with Gasteiger partial charge in [0.15, 0.2) is 0 Å². The molecule has 1 fully saturated rings. The Hall–Kier alpha value is -2.17. The lowest BCUT2D eigenvalue weighted by Gasteiger charge is -2.07. The number of rotatable bonds is 2. The molecule has 92 valence electrons. The molecule has 5 nitrogen and oxygen atoms in total. The Kier molecular flexibility index (Phi) is 2.40. The SMILES string of the molecule is Cc1nc2cccc(NC(=O)C3CC3)c2c(=O)[nH]1. The second-order valence-corrected chi connectivity index (χ2v) is 4.61. The van der Waals surface area contributed by atoms with Gasteiger partial charge < -0.3 is 10.3 Å². The highest BCUT2D eigenvalue weighted by molar-refractivity contribution is 6.02. The third kappa shape index (κ3) is 1.88. The van der Waals surface area contributed by atoms with E-state index >= 15 is 0 Å². The first-order valence-electron chi connectivity index (χ1n) is 5.95. The number of aromatic amines is 1. The standard InChI is InChI=1S/C13H13N3O2/c1-7-14-9-3-2-4-10(11(9)13(18)15-7)16-12(17)8-5-6-8/h2-4,8H,5-6H2,1H3,(H,16,17)(H,14,15,18). The highest BCUT2D eigenvalue weighted by Crippen LogP contribution is 2.30. The summed E-state index contributed by atoms with van der Waals surface area (Å²) in [6.45, 7) is 1.73. The zero-order valence-electron chi connectivity index (χ0n) is 9.99. The van der Waals surface area contributed by atoms with Crippen LogP contribution in [-0.4, -0.2) is 15.9 Å². The second-order valence-electron chi connectivity index (χ2n) is 4.61. The van der Waals surface area contributed by atoms with Crippen LogP contribution < -0.4 is 10.9 Å². The van der Waals surface area contributed by atoms with E-state index in [2.05, 4.69) is 15.3 Å². The lowest BCUT2D eigenvalue weighted by molar-refractivity contribution is -0.117. The molecule has 0 radical (unpaired) electrons. The smallest absolute Gasteiger partial charge is 0.260 e. The van der Waals surface area contributed by atoms with E-state index in [1.165, 1.54) is 0 Å². The number of aromatic nitrogens is 2. The molecule has 5 heteroatoms. The van der Waals surface area contributed by atoms with E-state index < -0.39 is 0 Å². The summed E-state index contributed by atoms with van der Waals surface area (Å²) in [5.41, 5.74) is 0.923. The van der Waals surface area contributed by atoms with E-state index in [1.54, 1.807) is 25.1 Å². The normalized spacial score (nSPS) is 14.7. The van der Waals surface area contributed by atoms with Crippen LogP contribution in [0.25, 0.3) is 10.9 Å². The number of aryl methyl sites for hydroxylation is 1. The predicted molar refractivity (Wildman–Crippen MR) is 68.5 cm³/mol. The van der Waals surface area contributed by atoms with E-state index in [-0.39, 0.29) is 17.4 Å². The summed E-state index contributed by atoms with van der Waals surface area (Å²) in [5, 5.41) is 3.25. The van der Waals surface area contributed by atoms with Gasteiger partial charge in [-0.15, -0.1) is 0 Å². The van der Waals surface area contributed by atoms with Crippen molar-refractivity contribution in [1.82, 2.24) is 9.97 Å². The van der Waals surface area contributed by atoms with Gasteiger partial charge in [-0.3, -0.25) is 9.59 Å². The highest BCUT2D eigenvalue weighted by Gasteiger charge is 2.30. The van der Waals surface area contributed by atoms with Gasteiger partial charge in [0.25, 0.3) is 5.56 Å². The molecule has 1 saturated carbocycles. The molecule has 0 spiro atoms. The number of carbonyl (C=O) groups excluding carboxylic acids is 1. The molecule has 18 heavy (non-hydrogen) atoms. The predicted octanol–water partition coefficient (Wildman–Crippen LogP) is 1.58. The van der Waals surface area contributed by atoms with E-state index in [0.717, 1.165) is 12.8 Å². The number of nitrogens with one attached hydrogen (secondary N) is 2. The van der Waals surface area contributed by atoms with Crippen molar-refractivity contribution < 1.29 is 4.79 Å². The Morgan fingerprint density at radius 2 is 2.22 bits per heavy atom. The van der Waals surface area contributed by atoms with Gasteiger partial charge in [0.1, 0.15) is 5.82 Å². The Bertz CT molecular complexity index is 686. The monoisotopic (exact) mass is 243 g/mol. The van der Waals surface area contributed by atoms with Crippen LogP contribution in [0.1, 0.15) is 18.7 Å². The largest absolute Gasteiger partial charge is 0.325 e. The first-order valence-corrected chi connectivity index (χ1v) is 5.95. The van der Waals surface area contributed by atoms with Gasteiger partial charge in [-0.25, -0.2) is 4.98 Å². The summed E-state index contributed by atoms with van der Waals surface area (Å²) in [6.07, 6.45) is 1.87. The van der Waals surface area contributed by atoms with Gasteiger partial charge in [-0.05, 0) is 31.9 Å². The molecule has 1 aromatic heterocycles. The third-order valence-corrected chi connectivity index (χ3v) is 3.06. The first kappa shape index (κ1) is 11.0. The summed E-state index contributed by atoms with van der Waals surface area (Å²) in [4.78, 5) is 30.6. The molecule has 0 saturated heterocycles. The lowest BCUT2D eigenvalue weighted by atomic mass is 10.2. The fraction of sp³-hybridized carbons (Fsp3) is 0.308. The van der Waals surface area contributed by atoms with Crippen molar-refractivity contribution in [3.05, 3.63) is 34.4 Å². The van der Waals surface area contributed by atoms with Gasteiger partial charge in [-0.2, -0.15) is 0 Å². The van der Waals surface area contributed by atoms with Gasteiger partial charge in [0.05, 0.1) is 16.6 Å². The number of fused-ring (bicyclic) bond motifs is 1. The molecule has 3 rings (SSSR count). The summed E-state index contributed by atoms with van der Waals surface area (Å²) in [7, 11) is 0. The molecule has 1 amide bonds. The maximum Gasteiger partial charge on any atom is 0.260 e. The average molecular weight is 243 g/mol. The van der Waals surface area contributed by atoms with Gasteiger partial charge in [0.2, 0.25) is 5.91 Å². The van der Waals surface area contributed by atoms with Gasteiger partial charge in [0, 0.05) is 5.92 Å². The Balaban J connectivity index is 2.11. The van der Waals surface area contributed by atoms with Crippen LogP contribution >= 0.6 is 0 Å². The molecule has 1 aliphatic carbocycles. The van der Waals surface area contributed by atoms with E-state index in [0.29, 0.717) is 22.4 Å². The van der Waals surface area contributed by atoms with Crippen molar-refractivity contribution in [2.75, 3.05) is 5.32 Å². The van der Waals surface area contributed by atoms with Gasteiger partial charge >= 0.3 is 0 Å². The highest BCUT2D eigenvalue weighted by atomic mass is 16.2. The van der Waals surface area contributed by atoms with Crippen LogP contribution in [0.4, 0.5) is 5.69 Å². The summed E-state index contributed by atoms with van der Waals surface area (Å²) >= 11 is 0.